The van der Waals surface area contributed by atoms with Crippen LogP contribution in [-0.2, 0) is 33.7 Å². The average Bonchev–Trinajstić information content (AvgIpc) is 3.16. The van der Waals surface area contributed by atoms with Gasteiger partial charge in [0.25, 0.3) is 5.56 Å². The number of hydrogen-bond acceptors (Lipinski definition) is 7. The second kappa shape index (κ2) is 8.18. The first-order valence-corrected chi connectivity index (χ1v) is 10.3. The molecule has 0 saturated heterocycles. The normalized spacial score (nSPS) is 13.0. The van der Waals surface area contributed by atoms with Crippen LogP contribution < -0.4 is 5.56 Å². The summed E-state index contributed by atoms with van der Waals surface area (Å²) < 4.78 is 6.35. The number of ketones is 1. The van der Waals surface area contributed by atoms with Gasteiger partial charge in [-0.1, -0.05) is 17.8 Å². The van der Waals surface area contributed by atoms with Crippen molar-refractivity contribution in [3.05, 3.63) is 33.4 Å². The fourth-order valence-electron chi connectivity index (χ4n) is 3.03. The molecule has 8 heteroatoms. The van der Waals surface area contributed by atoms with Gasteiger partial charge in [0.2, 0.25) is 0 Å². The minimum absolute atomic E-state index is 0.0684. The summed E-state index contributed by atoms with van der Waals surface area (Å²) in [4.78, 5) is 43.0. The van der Waals surface area contributed by atoms with Crippen molar-refractivity contribution in [1.82, 2.24) is 9.55 Å². The van der Waals surface area contributed by atoms with Gasteiger partial charge < -0.3 is 4.74 Å². The Morgan fingerprint density at radius 3 is 2.96 bits per heavy atom. The quantitative estimate of drug-likeness (QED) is 0.226. The number of nitrogens with zero attached hydrogens (tertiary/aromatic N) is 2. The summed E-state index contributed by atoms with van der Waals surface area (Å²) in [5.74, 6) is -0.708. The Labute approximate surface area is 159 Å². The van der Waals surface area contributed by atoms with Crippen LogP contribution in [-0.4, -0.2) is 33.7 Å². The van der Waals surface area contributed by atoms with Gasteiger partial charge in [0.15, 0.2) is 10.9 Å². The molecule has 0 N–H and O–H groups in total. The van der Waals surface area contributed by atoms with Crippen LogP contribution in [0, 0.1) is 0 Å². The summed E-state index contributed by atoms with van der Waals surface area (Å²) in [7, 11) is 0. The molecule has 2 aromatic heterocycles. The molecule has 138 valence electrons. The smallest absolute Gasteiger partial charge is 0.313 e. The highest BCUT2D eigenvalue weighted by atomic mass is 32.2. The van der Waals surface area contributed by atoms with E-state index in [0.717, 1.165) is 29.7 Å². The molecule has 1 aliphatic rings. The summed E-state index contributed by atoms with van der Waals surface area (Å²) in [5, 5.41) is 1.20. The SMILES string of the molecule is C=CCn1c(SCC(=O)CC(=O)OCC)nc2sc3c(c2c1=O)CCC3. The van der Waals surface area contributed by atoms with E-state index in [9.17, 15) is 14.4 Å². The first kappa shape index (κ1) is 18.8. The molecule has 1 aliphatic carbocycles. The van der Waals surface area contributed by atoms with Gasteiger partial charge in [-0.3, -0.25) is 19.0 Å². The number of allylic oxidation sites excluding steroid dienone is 1. The number of rotatable bonds is 8. The molecule has 0 aromatic carbocycles. The van der Waals surface area contributed by atoms with E-state index < -0.39 is 5.97 Å². The molecule has 0 bridgehead atoms. The molecule has 6 nitrogen and oxygen atoms in total. The summed E-state index contributed by atoms with van der Waals surface area (Å²) >= 11 is 2.75. The molecule has 0 spiro atoms. The fourth-order valence-corrected chi connectivity index (χ4v) is 5.20. The van der Waals surface area contributed by atoms with E-state index in [1.54, 1.807) is 28.9 Å². The van der Waals surface area contributed by atoms with Gasteiger partial charge in [-0.15, -0.1) is 17.9 Å². The lowest BCUT2D eigenvalue weighted by molar-refractivity contribution is -0.145. The van der Waals surface area contributed by atoms with Crippen LogP contribution in [0.15, 0.2) is 22.6 Å². The first-order chi connectivity index (χ1) is 12.5. The summed E-state index contributed by atoms with van der Waals surface area (Å²) in [6.45, 7) is 5.99. The third-order valence-electron chi connectivity index (χ3n) is 4.11. The molecule has 2 aromatic rings. The van der Waals surface area contributed by atoms with Crippen molar-refractivity contribution in [3.8, 4) is 0 Å². The monoisotopic (exact) mass is 392 g/mol. The zero-order valence-corrected chi connectivity index (χ0v) is 16.2. The van der Waals surface area contributed by atoms with Crippen molar-refractivity contribution in [2.75, 3.05) is 12.4 Å². The maximum absolute atomic E-state index is 13.0. The van der Waals surface area contributed by atoms with E-state index in [2.05, 4.69) is 11.6 Å². The van der Waals surface area contributed by atoms with Crippen molar-refractivity contribution in [1.29, 1.82) is 0 Å². The molecule has 2 heterocycles. The van der Waals surface area contributed by atoms with Crippen molar-refractivity contribution < 1.29 is 14.3 Å². The Bertz CT molecular complexity index is 929. The van der Waals surface area contributed by atoms with Crippen LogP contribution in [0.25, 0.3) is 10.2 Å². The van der Waals surface area contributed by atoms with Crippen LogP contribution in [0.4, 0.5) is 0 Å². The molecule has 3 rings (SSSR count). The molecular formula is C18H20N2O4S2. The average molecular weight is 393 g/mol. The van der Waals surface area contributed by atoms with Crippen molar-refractivity contribution >= 4 is 45.1 Å². The standard InChI is InChI=1S/C18H20N2O4S2/c1-3-8-20-17(23)15-12-6-5-7-13(12)26-16(15)19-18(20)25-10-11(21)9-14(22)24-4-2/h3H,1,4-10H2,2H3. The third kappa shape index (κ3) is 3.76. The van der Waals surface area contributed by atoms with Gasteiger partial charge >= 0.3 is 5.97 Å². The number of esters is 1. The molecule has 0 unspecified atom stereocenters. The Hall–Kier alpha value is -1.93. The summed E-state index contributed by atoms with van der Waals surface area (Å²) in [6, 6.07) is 0. The van der Waals surface area contributed by atoms with E-state index in [1.807, 2.05) is 0 Å². The van der Waals surface area contributed by atoms with Gasteiger partial charge in [0.1, 0.15) is 11.3 Å². The van der Waals surface area contributed by atoms with E-state index in [4.69, 9.17) is 4.74 Å². The first-order valence-electron chi connectivity index (χ1n) is 8.51. The van der Waals surface area contributed by atoms with E-state index in [-0.39, 0.29) is 30.1 Å². The highest BCUT2D eigenvalue weighted by Gasteiger charge is 2.23. The number of hydrogen-bond donors (Lipinski definition) is 0. The number of ether oxygens (including phenoxy) is 1. The van der Waals surface area contributed by atoms with E-state index in [0.29, 0.717) is 17.1 Å². The molecule has 0 atom stereocenters. The van der Waals surface area contributed by atoms with Crippen LogP contribution in [0.2, 0.25) is 0 Å². The predicted octanol–water partition coefficient (Wildman–Crippen LogP) is 2.75. The van der Waals surface area contributed by atoms with Crippen LogP contribution in [0.5, 0.6) is 0 Å². The predicted molar refractivity (Wildman–Crippen MR) is 103 cm³/mol. The Morgan fingerprint density at radius 2 is 2.23 bits per heavy atom. The number of Topliss-reactive ketones (excluding diaryl/α,β-unsaturated/α-hetero) is 1. The topological polar surface area (TPSA) is 78.3 Å². The van der Waals surface area contributed by atoms with E-state index >= 15 is 0 Å². The second-order valence-corrected chi connectivity index (χ2v) is 7.97. The van der Waals surface area contributed by atoms with Gasteiger partial charge in [-0.25, -0.2) is 4.98 Å². The summed E-state index contributed by atoms with van der Waals surface area (Å²) in [6.07, 6.45) is 4.38. The number of thioether (sulfide) groups is 1. The lowest BCUT2D eigenvalue weighted by Gasteiger charge is -2.10. The molecule has 26 heavy (non-hydrogen) atoms. The lowest BCUT2D eigenvalue weighted by atomic mass is 10.2. The second-order valence-electron chi connectivity index (χ2n) is 5.95. The minimum Gasteiger partial charge on any atom is -0.466 e. The van der Waals surface area contributed by atoms with Crippen LogP contribution >= 0.6 is 23.1 Å². The Balaban J connectivity index is 1.87. The molecule has 0 saturated carbocycles. The van der Waals surface area contributed by atoms with Crippen LogP contribution in [0.1, 0.15) is 30.2 Å². The van der Waals surface area contributed by atoms with Crippen molar-refractivity contribution in [2.24, 2.45) is 0 Å². The lowest BCUT2D eigenvalue weighted by Crippen LogP contribution is -2.23. The van der Waals surface area contributed by atoms with Crippen molar-refractivity contribution in [3.63, 3.8) is 0 Å². The number of carbonyl (C=O) groups is 2. The zero-order chi connectivity index (χ0) is 18.7. The Kier molecular flexibility index (Phi) is 5.93. The molecular weight excluding hydrogens is 372 g/mol. The van der Waals surface area contributed by atoms with Crippen LogP contribution in [0.3, 0.4) is 0 Å². The molecule has 0 aliphatic heterocycles. The molecule has 0 radical (unpaired) electrons. The maximum atomic E-state index is 13.0. The van der Waals surface area contributed by atoms with Gasteiger partial charge in [0, 0.05) is 11.4 Å². The van der Waals surface area contributed by atoms with E-state index in [1.165, 1.54) is 16.6 Å². The fraction of sp³-hybridized carbons (Fsp3) is 0.444. The number of aryl methyl sites for hydroxylation is 2. The van der Waals surface area contributed by atoms with Crippen molar-refractivity contribution in [2.45, 2.75) is 44.3 Å². The highest BCUT2D eigenvalue weighted by molar-refractivity contribution is 7.99. The van der Waals surface area contributed by atoms with Gasteiger partial charge in [-0.05, 0) is 31.7 Å². The van der Waals surface area contributed by atoms with Gasteiger partial charge in [-0.2, -0.15) is 0 Å². The minimum atomic E-state index is -0.528. The zero-order valence-electron chi connectivity index (χ0n) is 14.6. The number of aromatic nitrogens is 2. The number of fused-ring (bicyclic) bond motifs is 3. The summed E-state index contributed by atoms with van der Waals surface area (Å²) in [5.41, 5.74) is 1.06. The van der Waals surface area contributed by atoms with Gasteiger partial charge in [0.05, 0.1) is 17.7 Å². The largest absolute Gasteiger partial charge is 0.466 e. The maximum Gasteiger partial charge on any atom is 0.313 e. The molecule has 0 fully saturated rings. The third-order valence-corrected chi connectivity index (χ3v) is 6.33. The Morgan fingerprint density at radius 1 is 1.42 bits per heavy atom. The molecule has 0 amide bonds. The number of carbonyl (C=O) groups excluding carboxylic acids is 2. The highest BCUT2D eigenvalue weighted by Crippen LogP contribution is 2.35. The number of thiophene rings is 1.